The van der Waals surface area contributed by atoms with E-state index in [0.29, 0.717) is 6.29 Å². The molecule has 1 heterocycles. The summed E-state index contributed by atoms with van der Waals surface area (Å²) in [5.74, 6) is 0. The number of nitriles is 1. The second-order valence-electron chi connectivity index (χ2n) is 2.62. The molecule has 0 atom stereocenters. The molecule has 0 saturated heterocycles. The van der Waals surface area contributed by atoms with Crippen LogP contribution >= 0.6 is 15.9 Å². The average molecular weight is 275 g/mol. The summed E-state index contributed by atoms with van der Waals surface area (Å²) in [4.78, 5) is 14.2. The molecular formula is C9H5BrF2N2O. The van der Waals surface area contributed by atoms with E-state index in [-0.39, 0.29) is 22.2 Å². The normalized spacial score (nSPS) is 10.1. The second-order valence-corrected chi connectivity index (χ2v) is 3.18. The van der Waals surface area contributed by atoms with Crippen LogP contribution in [0.1, 0.15) is 33.7 Å². The van der Waals surface area contributed by atoms with E-state index in [1.54, 1.807) is 6.07 Å². The molecule has 0 bridgehead atoms. The van der Waals surface area contributed by atoms with Crippen molar-refractivity contribution < 1.29 is 13.6 Å². The number of nitrogens with zero attached hydrogens (tertiary/aromatic N) is 2. The van der Waals surface area contributed by atoms with Gasteiger partial charge in [0.2, 0.25) is 0 Å². The summed E-state index contributed by atoms with van der Waals surface area (Å²) in [7, 11) is 0. The van der Waals surface area contributed by atoms with Crippen LogP contribution in [0.25, 0.3) is 0 Å². The molecule has 0 fully saturated rings. The lowest BCUT2D eigenvalue weighted by Crippen LogP contribution is -2.02. The van der Waals surface area contributed by atoms with E-state index in [1.165, 1.54) is 0 Å². The Bertz CT molecular complexity index is 429. The first-order valence-electron chi connectivity index (χ1n) is 3.87. The Morgan fingerprint density at radius 1 is 1.67 bits per heavy atom. The molecule has 0 saturated carbocycles. The van der Waals surface area contributed by atoms with Crippen LogP contribution in [0.4, 0.5) is 8.78 Å². The van der Waals surface area contributed by atoms with Gasteiger partial charge >= 0.3 is 0 Å². The van der Waals surface area contributed by atoms with Gasteiger partial charge < -0.3 is 0 Å². The number of alkyl halides is 3. The standard InChI is InChI=1S/C9H5BrF2N2O/c10-2-8-6(3-13)5(4-15)1-7(14-8)9(11)12/h1,4,9H,2H2. The Morgan fingerprint density at radius 2 is 2.33 bits per heavy atom. The van der Waals surface area contributed by atoms with Gasteiger partial charge in [-0.15, -0.1) is 0 Å². The topological polar surface area (TPSA) is 53.8 Å². The van der Waals surface area contributed by atoms with Gasteiger partial charge in [-0.05, 0) is 6.07 Å². The van der Waals surface area contributed by atoms with Crippen LogP contribution in [0.5, 0.6) is 0 Å². The monoisotopic (exact) mass is 274 g/mol. The Balaban J connectivity index is 3.44. The summed E-state index contributed by atoms with van der Waals surface area (Å²) in [6, 6.07) is 2.70. The van der Waals surface area contributed by atoms with E-state index in [9.17, 15) is 13.6 Å². The zero-order valence-corrected chi connectivity index (χ0v) is 8.96. The fourth-order valence-electron chi connectivity index (χ4n) is 1.07. The number of hydrogen-bond donors (Lipinski definition) is 0. The maximum absolute atomic E-state index is 12.4. The van der Waals surface area contributed by atoms with Crippen molar-refractivity contribution in [2.75, 3.05) is 0 Å². The minimum atomic E-state index is -2.76. The van der Waals surface area contributed by atoms with Gasteiger partial charge in [-0.1, -0.05) is 15.9 Å². The Morgan fingerprint density at radius 3 is 2.73 bits per heavy atom. The second kappa shape index (κ2) is 4.94. The molecule has 0 radical (unpaired) electrons. The van der Waals surface area contributed by atoms with Crippen molar-refractivity contribution in [2.45, 2.75) is 11.8 Å². The van der Waals surface area contributed by atoms with Crippen molar-refractivity contribution >= 4 is 22.2 Å². The highest BCUT2D eigenvalue weighted by Gasteiger charge is 2.16. The average Bonchev–Trinajstić information content (AvgIpc) is 2.26. The lowest BCUT2D eigenvalue weighted by Gasteiger charge is -2.05. The van der Waals surface area contributed by atoms with Gasteiger partial charge in [0.05, 0.1) is 11.3 Å². The van der Waals surface area contributed by atoms with Crippen molar-refractivity contribution in [1.82, 2.24) is 4.98 Å². The van der Waals surface area contributed by atoms with Crippen LogP contribution in [0.3, 0.4) is 0 Å². The molecule has 1 aromatic rings. The molecule has 0 aliphatic carbocycles. The molecule has 1 aromatic heterocycles. The summed E-state index contributed by atoms with van der Waals surface area (Å²) < 4.78 is 24.7. The lowest BCUT2D eigenvalue weighted by atomic mass is 10.1. The van der Waals surface area contributed by atoms with Crippen LogP contribution in [-0.2, 0) is 5.33 Å². The maximum Gasteiger partial charge on any atom is 0.280 e. The predicted octanol–water partition coefficient (Wildman–Crippen LogP) is 2.60. The summed E-state index contributed by atoms with van der Waals surface area (Å²) in [5.41, 5.74) is -0.369. The number of hydrogen-bond acceptors (Lipinski definition) is 3. The lowest BCUT2D eigenvalue weighted by molar-refractivity contribution is 0.112. The first-order valence-corrected chi connectivity index (χ1v) is 4.99. The number of carbonyl (C=O) groups is 1. The number of halogens is 3. The zero-order valence-electron chi connectivity index (χ0n) is 7.38. The molecule has 3 nitrogen and oxygen atoms in total. The Hall–Kier alpha value is -1.35. The minimum absolute atomic E-state index is 0.0336. The highest BCUT2D eigenvalue weighted by Crippen LogP contribution is 2.22. The highest BCUT2D eigenvalue weighted by molar-refractivity contribution is 9.08. The number of aromatic nitrogens is 1. The molecule has 1 rings (SSSR count). The van der Waals surface area contributed by atoms with Crippen molar-refractivity contribution in [3.05, 3.63) is 28.6 Å². The molecule has 0 N–H and O–H groups in total. The number of pyridine rings is 1. The third-order valence-corrected chi connectivity index (χ3v) is 2.26. The molecule has 0 aliphatic rings. The van der Waals surface area contributed by atoms with Crippen LogP contribution < -0.4 is 0 Å². The summed E-state index contributed by atoms with van der Waals surface area (Å²) >= 11 is 3.02. The van der Waals surface area contributed by atoms with Crippen molar-refractivity contribution in [1.29, 1.82) is 5.26 Å². The van der Waals surface area contributed by atoms with Gasteiger partial charge in [-0.2, -0.15) is 5.26 Å². The van der Waals surface area contributed by atoms with Crippen molar-refractivity contribution in [3.63, 3.8) is 0 Å². The van der Waals surface area contributed by atoms with E-state index in [1.807, 2.05) is 0 Å². The number of carbonyl (C=O) groups excluding carboxylic acids is 1. The SMILES string of the molecule is N#Cc1c(C=O)cc(C(F)F)nc1CBr. The van der Waals surface area contributed by atoms with Crippen LogP contribution in [0, 0.1) is 11.3 Å². The van der Waals surface area contributed by atoms with Gasteiger partial charge in [0.15, 0.2) is 6.29 Å². The van der Waals surface area contributed by atoms with E-state index < -0.39 is 12.1 Å². The largest absolute Gasteiger partial charge is 0.298 e. The number of rotatable bonds is 3. The van der Waals surface area contributed by atoms with E-state index in [0.717, 1.165) is 6.07 Å². The van der Waals surface area contributed by atoms with Gasteiger partial charge in [0.1, 0.15) is 11.8 Å². The molecule has 0 unspecified atom stereocenters. The summed E-state index contributed by atoms with van der Waals surface area (Å²) in [5, 5.41) is 8.88. The fourth-order valence-corrected chi connectivity index (χ4v) is 1.48. The van der Waals surface area contributed by atoms with Crippen LogP contribution in [0.2, 0.25) is 0 Å². The molecule has 15 heavy (non-hydrogen) atoms. The highest BCUT2D eigenvalue weighted by atomic mass is 79.9. The van der Waals surface area contributed by atoms with E-state index in [2.05, 4.69) is 20.9 Å². The molecule has 0 amide bonds. The van der Waals surface area contributed by atoms with Crippen molar-refractivity contribution in [3.8, 4) is 6.07 Å². The Labute approximate surface area is 92.9 Å². The predicted molar refractivity (Wildman–Crippen MR) is 51.9 cm³/mol. The van der Waals surface area contributed by atoms with E-state index in [4.69, 9.17) is 5.26 Å². The first kappa shape index (κ1) is 11.7. The molecule has 0 spiro atoms. The Kier molecular flexibility index (Phi) is 3.86. The van der Waals surface area contributed by atoms with Gasteiger partial charge in [-0.3, -0.25) is 4.79 Å². The van der Waals surface area contributed by atoms with Crippen LogP contribution in [-0.4, -0.2) is 11.3 Å². The van der Waals surface area contributed by atoms with E-state index >= 15 is 0 Å². The molecule has 0 aromatic carbocycles. The molecule has 0 aliphatic heterocycles. The van der Waals surface area contributed by atoms with Crippen molar-refractivity contribution in [2.24, 2.45) is 0 Å². The molecule has 6 heteroatoms. The van der Waals surface area contributed by atoms with Gasteiger partial charge in [0, 0.05) is 10.9 Å². The smallest absolute Gasteiger partial charge is 0.280 e. The minimum Gasteiger partial charge on any atom is -0.298 e. The molecular weight excluding hydrogens is 270 g/mol. The maximum atomic E-state index is 12.4. The van der Waals surface area contributed by atoms with Gasteiger partial charge in [0.25, 0.3) is 6.43 Å². The first-order chi connectivity index (χ1) is 7.13. The van der Waals surface area contributed by atoms with Crippen LogP contribution in [0.15, 0.2) is 6.07 Å². The summed E-state index contributed by atoms with van der Waals surface area (Å²) in [6.45, 7) is 0. The third-order valence-electron chi connectivity index (χ3n) is 1.73. The zero-order chi connectivity index (χ0) is 11.4. The molecule has 78 valence electrons. The number of aldehydes is 1. The fraction of sp³-hybridized carbons (Fsp3) is 0.222. The third kappa shape index (κ3) is 2.36. The summed E-state index contributed by atoms with van der Waals surface area (Å²) in [6.07, 6.45) is -2.38. The quantitative estimate of drug-likeness (QED) is 0.629. The van der Waals surface area contributed by atoms with Gasteiger partial charge in [-0.25, -0.2) is 13.8 Å².